The average molecular weight is 328 g/mol. The van der Waals surface area contributed by atoms with E-state index in [4.69, 9.17) is 15.2 Å². The van der Waals surface area contributed by atoms with Crippen LogP contribution >= 0.6 is 15.9 Å². The number of nitrogens with two attached hydrogens (primary N) is 1. The van der Waals surface area contributed by atoms with Crippen molar-refractivity contribution < 1.29 is 9.47 Å². The maximum atomic E-state index is 6.52. The Bertz CT molecular complexity index is 456. The van der Waals surface area contributed by atoms with Crippen molar-refractivity contribution in [2.24, 2.45) is 11.1 Å². The molecule has 1 unspecified atom stereocenters. The molecule has 1 aliphatic rings. The molecule has 2 rings (SSSR count). The van der Waals surface area contributed by atoms with Crippen molar-refractivity contribution >= 4 is 15.9 Å². The van der Waals surface area contributed by atoms with Crippen LogP contribution in [0.5, 0.6) is 11.5 Å². The molecule has 1 aromatic carbocycles. The van der Waals surface area contributed by atoms with Gasteiger partial charge in [0.25, 0.3) is 0 Å². The molecule has 0 heterocycles. The Labute approximate surface area is 123 Å². The van der Waals surface area contributed by atoms with Crippen LogP contribution in [0.3, 0.4) is 0 Å². The lowest BCUT2D eigenvalue weighted by Crippen LogP contribution is -2.29. The quantitative estimate of drug-likeness (QED) is 0.907. The van der Waals surface area contributed by atoms with Crippen LogP contribution in [-0.2, 0) is 0 Å². The maximum absolute atomic E-state index is 6.52. The van der Waals surface area contributed by atoms with E-state index in [9.17, 15) is 0 Å². The van der Waals surface area contributed by atoms with Gasteiger partial charge in [-0.05, 0) is 36.0 Å². The lowest BCUT2D eigenvalue weighted by atomic mass is 9.78. The van der Waals surface area contributed by atoms with Gasteiger partial charge in [0.15, 0.2) is 11.5 Å². The third kappa shape index (κ3) is 2.75. The second kappa shape index (κ2) is 5.71. The first kappa shape index (κ1) is 14.7. The van der Waals surface area contributed by atoms with Crippen LogP contribution in [0.25, 0.3) is 0 Å². The molecule has 1 aromatic rings. The van der Waals surface area contributed by atoms with E-state index in [1.807, 2.05) is 12.1 Å². The number of hydrogen-bond acceptors (Lipinski definition) is 3. The standard InChI is InChI=1S/C15H22BrNO2/c1-15(6-4-5-7-15)14(17)10-8-12(18-2)13(19-3)9-11(10)16/h8-9,14H,4-7,17H2,1-3H3. The van der Waals surface area contributed by atoms with Gasteiger partial charge >= 0.3 is 0 Å². The number of halogens is 1. The van der Waals surface area contributed by atoms with Crippen LogP contribution in [0.4, 0.5) is 0 Å². The second-order valence-electron chi connectivity index (χ2n) is 5.57. The monoisotopic (exact) mass is 327 g/mol. The third-order valence-electron chi connectivity index (χ3n) is 4.33. The van der Waals surface area contributed by atoms with E-state index in [2.05, 4.69) is 22.9 Å². The van der Waals surface area contributed by atoms with Crippen molar-refractivity contribution in [1.29, 1.82) is 0 Å². The minimum absolute atomic E-state index is 0.0178. The Hall–Kier alpha value is -0.740. The summed E-state index contributed by atoms with van der Waals surface area (Å²) < 4.78 is 11.7. The zero-order chi connectivity index (χ0) is 14.0. The Kier molecular flexibility index (Phi) is 4.41. The number of methoxy groups -OCH3 is 2. The van der Waals surface area contributed by atoms with E-state index in [1.54, 1.807) is 14.2 Å². The maximum Gasteiger partial charge on any atom is 0.161 e. The molecule has 1 saturated carbocycles. The summed E-state index contributed by atoms with van der Waals surface area (Å²) in [5, 5.41) is 0. The van der Waals surface area contributed by atoms with Crippen molar-refractivity contribution in [3.8, 4) is 11.5 Å². The summed E-state index contributed by atoms with van der Waals surface area (Å²) >= 11 is 3.61. The minimum atomic E-state index is 0.0178. The third-order valence-corrected chi connectivity index (χ3v) is 5.02. The molecule has 1 atom stereocenters. The van der Waals surface area contributed by atoms with Gasteiger partial charge in [-0.2, -0.15) is 0 Å². The van der Waals surface area contributed by atoms with Gasteiger partial charge in [0.1, 0.15) is 0 Å². The van der Waals surface area contributed by atoms with Gasteiger partial charge < -0.3 is 15.2 Å². The molecule has 0 aromatic heterocycles. The van der Waals surface area contributed by atoms with Crippen LogP contribution < -0.4 is 15.2 Å². The summed E-state index contributed by atoms with van der Waals surface area (Å²) in [4.78, 5) is 0. The van der Waals surface area contributed by atoms with Crippen LogP contribution in [0.15, 0.2) is 16.6 Å². The van der Waals surface area contributed by atoms with E-state index in [-0.39, 0.29) is 11.5 Å². The Morgan fingerprint density at radius 2 is 1.68 bits per heavy atom. The topological polar surface area (TPSA) is 44.5 Å². The summed E-state index contributed by atoms with van der Waals surface area (Å²) in [5.74, 6) is 1.46. The predicted molar refractivity (Wildman–Crippen MR) is 80.7 cm³/mol. The van der Waals surface area contributed by atoms with Gasteiger partial charge in [0.2, 0.25) is 0 Å². The van der Waals surface area contributed by atoms with Crippen molar-refractivity contribution in [3.63, 3.8) is 0 Å². The molecule has 0 aliphatic heterocycles. The number of benzene rings is 1. The molecule has 0 amide bonds. The summed E-state index contributed by atoms with van der Waals surface area (Å²) in [7, 11) is 3.29. The highest BCUT2D eigenvalue weighted by Gasteiger charge is 2.36. The predicted octanol–water partition coefficient (Wildman–Crippen LogP) is 4.05. The molecule has 0 saturated heterocycles. The molecule has 0 spiro atoms. The fourth-order valence-corrected chi connectivity index (χ4v) is 3.55. The SMILES string of the molecule is COc1cc(Br)c(C(N)C2(C)CCCC2)cc1OC. The zero-order valence-electron chi connectivity index (χ0n) is 11.8. The number of rotatable bonds is 4. The first-order valence-corrected chi connectivity index (χ1v) is 7.48. The van der Waals surface area contributed by atoms with Crippen molar-refractivity contribution in [2.45, 2.75) is 38.6 Å². The highest BCUT2D eigenvalue weighted by atomic mass is 79.9. The smallest absolute Gasteiger partial charge is 0.161 e. The van der Waals surface area contributed by atoms with Gasteiger partial charge in [0.05, 0.1) is 14.2 Å². The fourth-order valence-electron chi connectivity index (χ4n) is 2.98. The molecule has 106 valence electrons. The molecule has 2 N–H and O–H groups in total. The molecule has 1 aliphatic carbocycles. The molecule has 0 bridgehead atoms. The highest BCUT2D eigenvalue weighted by Crippen LogP contribution is 2.48. The number of hydrogen-bond donors (Lipinski definition) is 1. The first-order chi connectivity index (χ1) is 9.01. The Morgan fingerprint density at radius 3 is 2.21 bits per heavy atom. The van der Waals surface area contributed by atoms with Crippen LogP contribution in [-0.4, -0.2) is 14.2 Å². The molecular weight excluding hydrogens is 306 g/mol. The lowest BCUT2D eigenvalue weighted by molar-refractivity contribution is 0.263. The van der Waals surface area contributed by atoms with E-state index >= 15 is 0 Å². The van der Waals surface area contributed by atoms with E-state index < -0.39 is 0 Å². The summed E-state index contributed by atoms with van der Waals surface area (Å²) in [6.07, 6.45) is 4.92. The van der Waals surface area contributed by atoms with Gasteiger partial charge in [-0.3, -0.25) is 0 Å². The van der Waals surface area contributed by atoms with Gasteiger partial charge in [-0.1, -0.05) is 35.7 Å². The molecule has 4 heteroatoms. The largest absolute Gasteiger partial charge is 0.493 e. The Balaban J connectivity index is 2.38. The lowest BCUT2D eigenvalue weighted by Gasteiger charge is -2.32. The Morgan fingerprint density at radius 1 is 1.16 bits per heavy atom. The first-order valence-electron chi connectivity index (χ1n) is 6.69. The molecule has 19 heavy (non-hydrogen) atoms. The average Bonchev–Trinajstić information content (AvgIpc) is 2.85. The molecule has 3 nitrogen and oxygen atoms in total. The highest BCUT2D eigenvalue weighted by molar-refractivity contribution is 9.10. The number of ether oxygens (including phenoxy) is 2. The van der Waals surface area contributed by atoms with Gasteiger partial charge in [-0.15, -0.1) is 0 Å². The summed E-state index contributed by atoms with van der Waals surface area (Å²) in [6.45, 7) is 2.29. The molecule has 1 fully saturated rings. The van der Waals surface area contributed by atoms with Crippen LogP contribution in [0, 0.1) is 5.41 Å². The van der Waals surface area contributed by atoms with E-state index in [0.29, 0.717) is 0 Å². The van der Waals surface area contributed by atoms with Crippen LogP contribution in [0.1, 0.15) is 44.2 Å². The minimum Gasteiger partial charge on any atom is -0.493 e. The van der Waals surface area contributed by atoms with Gasteiger partial charge in [-0.25, -0.2) is 0 Å². The normalized spacial score (nSPS) is 19.2. The zero-order valence-corrected chi connectivity index (χ0v) is 13.4. The molecule has 0 radical (unpaired) electrons. The van der Waals surface area contributed by atoms with Crippen LogP contribution in [0.2, 0.25) is 0 Å². The van der Waals surface area contributed by atoms with E-state index in [0.717, 1.165) is 21.5 Å². The van der Waals surface area contributed by atoms with Crippen molar-refractivity contribution in [1.82, 2.24) is 0 Å². The van der Waals surface area contributed by atoms with Crippen molar-refractivity contribution in [3.05, 3.63) is 22.2 Å². The summed E-state index contributed by atoms with van der Waals surface area (Å²) in [5.41, 5.74) is 7.81. The molecular formula is C15H22BrNO2. The van der Waals surface area contributed by atoms with Gasteiger partial charge in [0, 0.05) is 10.5 Å². The van der Waals surface area contributed by atoms with Crippen molar-refractivity contribution in [2.75, 3.05) is 14.2 Å². The fraction of sp³-hybridized carbons (Fsp3) is 0.600. The van der Waals surface area contributed by atoms with E-state index in [1.165, 1.54) is 25.7 Å². The second-order valence-corrected chi connectivity index (χ2v) is 6.42. The summed E-state index contributed by atoms with van der Waals surface area (Å²) in [6, 6.07) is 3.95.